The lowest BCUT2D eigenvalue weighted by Crippen LogP contribution is -2.15. The second-order valence-corrected chi connectivity index (χ2v) is 9.13. The van der Waals surface area contributed by atoms with E-state index in [4.69, 9.17) is 25.8 Å². The molecule has 0 aliphatic carbocycles. The van der Waals surface area contributed by atoms with E-state index in [9.17, 15) is 13.2 Å². The quantitative estimate of drug-likeness (QED) is 0.344. The van der Waals surface area contributed by atoms with Crippen molar-refractivity contribution in [3.63, 3.8) is 0 Å². The van der Waals surface area contributed by atoms with Crippen molar-refractivity contribution in [1.29, 1.82) is 0 Å². The van der Waals surface area contributed by atoms with E-state index < -0.39 is 10.0 Å². The third-order valence-electron chi connectivity index (χ3n) is 4.91. The molecule has 0 N–H and O–H groups in total. The molecule has 0 radical (unpaired) electrons. The number of nitrogens with zero attached hydrogens (tertiary/aromatic N) is 2. The Labute approximate surface area is 195 Å². The van der Waals surface area contributed by atoms with Gasteiger partial charge in [-0.1, -0.05) is 11.6 Å². The second kappa shape index (κ2) is 9.13. The molecule has 3 aromatic carbocycles. The fourth-order valence-corrected chi connectivity index (χ4v) is 4.57. The summed E-state index contributed by atoms with van der Waals surface area (Å²) in [4.78, 5) is 12.5. The molecule has 1 heterocycles. The summed E-state index contributed by atoms with van der Waals surface area (Å²) in [6, 6.07) is 17.1. The van der Waals surface area contributed by atoms with Crippen LogP contribution < -0.4 is 14.2 Å². The average Bonchev–Trinajstić information content (AvgIpc) is 3.21. The fraction of sp³-hybridized carbons (Fsp3) is 0.130. The molecule has 0 bridgehead atoms. The number of benzene rings is 3. The van der Waals surface area contributed by atoms with Crippen molar-refractivity contribution in [3.8, 4) is 17.4 Å². The van der Waals surface area contributed by atoms with Gasteiger partial charge in [0.25, 0.3) is 10.0 Å². The molecule has 0 saturated carbocycles. The van der Waals surface area contributed by atoms with Crippen molar-refractivity contribution in [2.24, 2.45) is 0 Å². The molecule has 10 heteroatoms. The van der Waals surface area contributed by atoms with Crippen LogP contribution in [0.25, 0.3) is 10.9 Å². The molecule has 0 fully saturated rings. The molecule has 33 heavy (non-hydrogen) atoms. The number of aromatic nitrogens is 2. The van der Waals surface area contributed by atoms with Crippen LogP contribution in [0.3, 0.4) is 0 Å². The van der Waals surface area contributed by atoms with Gasteiger partial charge in [-0.15, -0.1) is 9.19 Å². The number of hydrogen-bond acceptors (Lipinski definition) is 7. The number of ketones is 1. The van der Waals surface area contributed by atoms with E-state index in [1.54, 1.807) is 54.6 Å². The van der Waals surface area contributed by atoms with Crippen LogP contribution in [-0.4, -0.2) is 44.2 Å². The van der Waals surface area contributed by atoms with Gasteiger partial charge in [0, 0.05) is 10.6 Å². The fourth-order valence-electron chi connectivity index (χ4n) is 3.16. The molecule has 0 aliphatic rings. The van der Waals surface area contributed by atoms with Crippen molar-refractivity contribution >= 4 is 38.3 Å². The first-order valence-corrected chi connectivity index (χ1v) is 11.5. The van der Waals surface area contributed by atoms with E-state index in [1.807, 2.05) is 0 Å². The van der Waals surface area contributed by atoms with E-state index in [1.165, 1.54) is 26.4 Å². The molecule has 4 aromatic rings. The smallest absolute Gasteiger partial charge is 0.283 e. The highest BCUT2D eigenvalue weighted by atomic mass is 35.5. The minimum Gasteiger partial charge on any atom is -0.497 e. The molecule has 0 aliphatic heterocycles. The lowest BCUT2D eigenvalue weighted by atomic mass is 10.1. The number of rotatable bonds is 8. The third-order valence-corrected chi connectivity index (χ3v) is 6.77. The maximum Gasteiger partial charge on any atom is 0.283 e. The summed E-state index contributed by atoms with van der Waals surface area (Å²) < 4.78 is 43.5. The van der Waals surface area contributed by atoms with E-state index in [2.05, 4.69) is 5.10 Å². The van der Waals surface area contributed by atoms with E-state index in [0.29, 0.717) is 27.5 Å². The lowest BCUT2D eigenvalue weighted by Gasteiger charge is -2.07. The van der Waals surface area contributed by atoms with Gasteiger partial charge in [0.2, 0.25) is 5.88 Å². The van der Waals surface area contributed by atoms with Crippen LogP contribution in [0.5, 0.6) is 17.4 Å². The molecule has 0 atom stereocenters. The first kappa shape index (κ1) is 22.6. The van der Waals surface area contributed by atoms with Crippen molar-refractivity contribution in [3.05, 3.63) is 77.3 Å². The normalized spacial score (nSPS) is 11.4. The maximum absolute atomic E-state index is 13.3. The Kier molecular flexibility index (Phi) is 6.26. The molecule has 4 rings (SSSR count). The van der Waals surface area contributed by atoms with Gasteiger partial charge in [0.1, 0.15) is 11.5 Å². The summed E-state index contributed by atoms with van der Waals surface area (Å²) in [5.74, 6) is 0.685. The van der Waals surface area contributed by atoms with Crippen molar-refractivity contribution in [2.45, 2.75) is 4.90 Å². The van der Waals surface area contributed by atoms with Crippen molar-refractivity contribution < 1.29 is 27.4 Å². The lowest BCUT2D eigenvalue weighted by molar-refractivity contribution is 0.0919. The highest BCUT2D eigenvalue weighted by Gasteiger charge is 2.25. The Morgan fingerprint density at radius 2 is 1.58 bits per heavy atom. The van der Waals surface area contributed by atoms with Gasteiger partial charge in [-0.05, 0) is 66.7 Å². The number of ether oxygens (including phenoxy) is 3. The number of hydrogen-bond donors (Lipinski definition) is 0. The molecule has 1 aromatic heterocycles. The molecule has 170 valence electrons. The Morgan fingerprint density at radius 3 is 2.21 bits per heavy atom. The summed E-state index contributed by atoms with van der Waals surface area (Å²) in [6.45, 7) is -0.340. The highest BCUT2D eigenvalue weighted by Crippen LogP contribution is 2.31. The minimum absolute atomic E-state index is 0.0108. The molecule has 8 nitrogen and oxygen atoms in total. The van der Waals surface area contributed by atoms with E-state index >= 15 is 0 Å². The summed E-state index contributed by atoms with van der Waals surface area (Å²) in [5.41, 5.74) is 0.687. The topological polar surface area (TPSA) is 96.7 Å². The molecule has 0 amide bonds. The minimum atomic E-state index is -4.06. The number of Topliss-reactive ketones (excluding diaryl/α,β-unsaturated/α-hetero) is 1. The molecule has 0 saturated heterocycles. The summed E-state index contributed by atoms with van der Waals surface area (Å²) >= 11 is 5.87. The Balaban J connectivity index is 1.72. The number of fused-ring (bicyclic) bond motifs is 1. The second-order valence-electron chi connectivity index (χ2n) is 6.93. The number of halogens is 1. The number of carbonyl (C=O) groups is 1. The zero-order valence-electron chi connectivity index (χ0n) is 17.7. The van der Waals surface area contributed by atoms with Gasteiger partial charge in [0.15, 0.2) is 12.4 Å². The first-order chi connectivity index (χ1) is 15.8. The molecule has 0 unspecified atom stereocenters. The number of methoxy groups -OCH3 is 2. The van der Waals surface area contributed by atoms with Crippen LogP contribution in [0.15, 0.2) is 71.6 Å². The van der Waals surface area contributed by atoms with Gasteiger partial charge in [-0.2, -0.15) is 8.42 Å². The number of carbonyl (C=O) groups excluding carboxylic acids is 1. The Morgan fingerprint density at radius 1 is 0.939 bits per heavy atom. The van der Waals surface area contributed by atoms with Crippen molar-refractivity contribution in [2.75, 3.05) is 20.8 Å². The van der Waals surface area contributed by atoms with Crippen LogP contribution >= 0.6 is 11.6 Å². The monoisotopic (exact) mass is 486 g/mol. The zero-order chi connectivity index (χ0) is 23.6. The Bertz CT molecular complexity index is 1410. The third kappa shape index (κ3) is 4.50. The maximum atomic E-state index is 13.3. The molecular weight excluding hydrogens is 468 g/mol. The Hall–Kier alpha value is -3.56. The average molecular weight is 487 g/mol. The first-order valence-electron chi connectivity index (χ1n) is 9.71. The zero-order valence-corrected chi connectivity index (χ0v) is 19.3. The predicted octanol–water partition coefficient (Wildman–Crippen LogP) is 4.21. The van der Waals surface area contributed by atoms with Crippen LogP contribution in [0.4, 0.5) is 0 Å². The van der Waals surface area contributed by atoms with Crippen LogP contribution in [0.2, 0.25) is 5.02 Å². The van der Waals surface area contributed by atoms with Crippen LogP contribution in [-0.2, 0) is 10.0 Å². The van der Waals surface area contributed by atoms with Gasteiger partial charge >= 0.3 is 0 Å². The van der Waals surface area contributed by atoms with Gasteiger partial charge in [-0.3, -0.25) is 4.79 Å². The van der Waals surface area contributed by atoms with Gasteiger partial charge in [-0.25, -0.2) is 0 Å². The van der Waals surface area contributed by atoms with E-state index in [0.717, 1.165) is 4.09 Å². The molecule has 0 spiro atoms. The predicted molar refractivity (Wildman–Crippen MR) is 123 cm³/mol. The summed E-state index contributed by atoms with van der Waals surface area (Å²) in [7, 11) is -1.07. The largest absolute Gasteiger partial charge is 0.497 e. The van der Waals surface area contributed by atoms with Gasteiger partial charge in [0.05, 0.1) is 30.0 Å². The standard InChI is InChI=1S/C23H19ClN2O6S/c1-30-17-7-10-19(11-8-17)33(28,29)26-21-12-9-18(31-2)13-20(21)23(25-26)32-14-22(27)15-3-5-16(24)6-4-15/h3-13H,14H2,1-2H3. The van der Waals surface area contributed by atoms with E-state index in [-0.39, 0.29) is 28.7 Å². The van der Waals surface area contributed by atoms with Crippen molar-refractivity contribution in [1.82, 2.24) is 9.19 Å². The van der Waals surface area contributed by atoms with Crippen LogP contribution in [0.1, 0.15) is 10.4 Å². The van der Waals surface area contributed by atoms with Gasteiger partial charge < -0.3 is 14.2 Å². The molecular formula is C23H19ClN2O6S. The summed E-state index contributed by atoms with van der Waals surface area (Å²) in [5, 5.41) is 5.07. The summed E-state index contributed by atoms with van der Waals surface area (Å²) in [6.07, 6.45) is 0. The SMILES string of the molecule is COc1ccc(S(=O)(=O)n2nc(OCC(=O)c3ccc(Cl)cc3)c3cc(OC)ccc32)cc1. The van der Waals surface area contributed by atoms with Crippen LogP contribution in [0, 0.1) is 0 Å². The highest BCUT2D eigenvalue weighted by molar-refractivity contribution is 7.90.